The van der Waals surface area contributed by atoms with Crippen molar-refractivity contribution in [3.8, 4) is 17.0 Å². The summed E-state index contributed by atoms with van der Waals surface area (Å²) in [6.07, 6.45) is 0.579. The second-order valence-electron chi connectivity index (χ2n) is 9.39. The van der Waals surface area contributed by atoms with Crippen molar-refractivity contribution in [3.63, 3.8) is 0 Å². The highest BCUT2D eigenvalue weighted by Crippen LogP contribution is 2.36. The Morgan fingerprint density at radius 1 is 0.923 bits per heavy atom. The summed E-state index contributed by atoms with van der Waals surface area (Å²) >= 11 is 6.13. The molecule has 1 aliphatic rings. The van der Waals surface area contributed by atoms with Crippen LogP contribution in [-0.4, -0.2) is 28.7 Å². The summed E-state index contributed by atoms with van der Waals surface area (Å²) in [5.41, 5.74) is 12.1. The van der Waals surface area contributed by atoms with Crippen LogP contribution in [0.15, 0.2) is 108 Å². The van der Waals surface area contributed by atoms with Gasteiger partial charge in [-0.25, -0.2) is 9.99 Å². The molecule has 1 aliphatic heterocycles. The van der Waals surface area contributed by atoms with Gasteiger partial charge in [0, 0.05) is 28.1 Å². The largest absolute Gasteiger partial charge is 0.497 e. The van der Waals surface area contributed by atoms with E-state index >= 15 is 0 Å². The number of benzene rings is 4. The molecule has 0 fully saturated rings. The lowest BCUT2D eigenvalue weighted by Crippen LogP contribution is -2.27. The number of ether oxygens (including phenoxy) is 1. The van der Waals surface area contributed by atoms with E-state index in [1.807, 2.05) is 103 Å². The molecule has 0 radical (unpaired) electrons. The Labute approximate surface area is 231 Å². The number of carbonyl (C=O) groups excluding carboxylic acids is 1. The predicted molar refractivity (Wildman–Crippen MR) is 156 cm³/mol. The molecule has 2 heterocycles. The zero-order chi connectivity index (χ0) is 26.9. The van der Waals surface area contributed by atoms with E-state index < -0.39 is 0 Å². The monoisotopic (exact) mass is 532 g/mol. The second-order valence-corrected chi connectivity index (χ2v) is 9.83. The lowest BCUT2D eigenvalue weighted by molar-refractivity contribution is 0.0713. The molecule has 4 aromatic carbocycles. The van der Waals surface area contributed by atoms with Crippen molar-refractivity contribution in [1.29, 1.82) is 0 Å². The van der Waals surface area contributed by atoms with Gasteiger partial charge in [-0.2, -0.15) is 5.10 Å². The van der Waals surface area contributed by atoms with Gasteiger partial charge in [0.05, 0.1) is 35.6 Å². The number of methoxy groups -OCH3 is 1. The van der Waals surface area contributed by atoms with Crippen molar-refractivity contribution in [2.24, 2.45) is 5.10 Å². The number of hydrogen-bond donors (Lipinski definition) is 1. The molecule has 0 bridgehead atoms. The number of carbonyl (C=O) groups is 1. The average Bonchev–Trinajstić information content (AvgIpc) is 3.43. The van der Waals surface area contributed by atoms with E-state index in [1.54, 1.807) is 12.1 Å². The third kappa shape index (κ3) is 4.82. The summed E-state index contributed by atoms with van der Waals surface area (Å²) < 4.78 is 5.48. The van der Waals surface area contributed by atoms with Gasteiger partial charge in [0.2, 0.25) is 0 Å². The van der Waals surface area contributed by atoms with E-state index in [0.717, 1.165) is 22.4 Å². The summed E-state index contributed by atoms with van der Waals surface area (Å²) in [5.74, 6) is 0.426. The quantitative estimate of drug-likeness (QED) is 0.244. The minimum absolute atomic E-state index is 0.217. The van der Waals surface area contributed by atoms with Gasteiger partial charge < -0.3 is 10.5 Å². The van der Waals surface area contributed by atoms with Crippen LogP contribution in [0.4, 0.5) is 5.69 Å². The second kappa shape index (κ2) is 10.2. The number of hydrazone groups is 1. The van der Waals surface area contributed by atoms with Gasteiger partial charge in [0.1, 0.15) is 5.75 Å². The van der Waals surface area contributed by atoms with Crippen LogP contribution in [-0.2, 0) is 0 Å². The number of fused-ring (bicyclic) bond motifs is 1. The number of amides is 1. The summed E-state index contributed by atoms with van der Waals surface area (Å²) in [7, 11) is 1.60. The molecule has 2 N–H and O–H groups in total. The lowest BCUT2D eigenvalue weighted by atomic mass is 9.97. The zero-order valence-corrected chi connectivity index (χ0v) is 22.0. The fraction of sp³-hybridized carbons (Fsp3) is 0.0938. The van der Waals surface area contributed by atoms with Crippen LogP contribution in [0.1, 0.15) is 33.9 Å². The normalized spacial score (nSPS) is 14.9. The first-order chi connectivity index (χ1) is 19.0. The summed E-state index contributed by atoms with van der Waals surface area (Å²) in [6, 6.07) is 32.1. The molecule has 192 valence electrons. The molecule has 1 amide bonds. The maximum absolute atomic E-state index is 14.4. The average molecular weight is 533 g/mol. The van der Waals surface area contributed by atoms with E-state index in [1.165, 1.54) is 0 Å². The first-order valence-electron chi connectivity index (χ1n) is 12.6. The fourth-order valence-corrected chi connectivity index (χ4v) is 5.01. The number of hydrogen-bond acceptors (Lipinski definition) is 5. The van der Waals surface area contributed by atoms with E-state index in [2.05, 4.69) is 0 Å². The number of nitrogen functional groups attached to an aromatic ring is 1. The van der Waals surface area contributed by atoms with Crippen LogP contribution in [0, 0.1) is 0 Å². The van der Waals surface area contributed by atoms with Crippen LogP contribution in [0.2, 0.25) is 5.02 Å². The Bertz CT molecular complexity index is 1700. The van der Waals surface area contributed by atoms with Crippen molar-refractivity contribution < 1.29 is 9.53 Å². The maximum Gasteiger partial charge on any atom is 0.275 e. The van der Waals surface area contributed by atoms with Gasteiger partial charge in [-0.3, -0.25) is 4.79 Å². The van der Waals surface area contributed by atoms with Crippen LogP contribution < -0.4 is 10.5 Å². The molecular weight excluding hydrogens is 508 g/mol. The third-order valence-corrected chi connectivity index (χ3v) is 7.18. The topological polar surface area (TPSA) is 80.8 Å². The molecule has 6 rings (SSSR count). The molecule has 1 unspecified atom stereocenters. The third-order valence-electron chi connectivity index (χ3n) is 6.93. The van der Waals surface area contributed by atoms with Gasteiger partial charge in [-0.15, -0.1) is 0 Å². The fourth-order valence-electron chi connectivity index (χ4n) is 4.88. The molecule has 0 aliphatic carbocycles. The number of aromatic nitrogens is 1. The number of nitrogens with zero attached hydrogens (tertiary/aromatic N) is 3. The minimum atomic E-state index is -0.265. The molecule has 1 aromatic heterocycles. The van der Waals surface area contributed by atoms with E-state index in [0.29, 0.717) is 45.0 Å². The number of nitrogens with two attached hydrogens (primary N) is 1. The van der Waals surface area contributed by atoms with Gasteiger partial charge in [-0.1, -0.05) is 66.2 Å². The van der Waals surface area contributed by atoms with Crippen molar-refractivity contribution in [2.45, 2.75) is 12.5 Å². The van der Waals surface area contributed by atoms with E-state index in [4.69, 9.17) is 32.2 Å². The predicted octanol–water partition coefficient (Wildman–Crippen LogP) is 7.14. The number of rotatable bonds is 5. The molecule has 39 heavy (non-hydrogen) atoms. The van der Waals surface area contributed by atoms with Crippen LogP contribution >= 0.6 is 11.6 Å². The van der Waals surface area contributed by atoms with E-state index in [-0.39, 0.29) is 11.9 Å². The van der Waals surface area contributed by atoms with Gasteiger partial charge in [-0.05, 0) is 59.7 Å². The molecule has 1 atom stereocenters. The minimum Gasteiger partial charge on any atom is -0.497 e. The highest BCUT2D eigenvalue weighted by molar-refractivity contribution is 6.30. The van der Waals surface area contributed by atoms with E-state index in [9.17, 15) is 4.79 Å². The summed E-state index contributed by atoms with van der Waals surface area (Å²) in [6.45, 7) is 0. The standard InChI is InChI=1S/C32H25ClN4O2/c1-39-25-15-16-28-26(17-25)27(18-29(35-28)20-7-11-23(33)12-8-20)32(38)37-31(22-5-3-2-4-6-22)19-30(36-37)21-9-13-24(34)14-10-21/h2-18,31H,19,34H2,1H3. The smallest absolute Gasteiger partial charge is 0.275 e. The van der Waals surface area contributed by atoms with Gasteiger partial charge in [0.25, 0.3) is 5.91 Å². The first kappa shape index (κ1) is 24.6. The summed E-state index contributed by atoms with van der Waals surface area (Å²) in [4.78, 5) is 19.3. The first-order valence-corrected chi connectivity index (χ1v) is 12.9. The van der Waals surface area contributed by atoms with Crippen LogP contribution in [0.5, 0.6) is 5.75 Å². The number of pyridine rings is 1. The molecule has 5 aromatic rings. The van der Waals surface area contributed by atoms with Gasteiger partial charge in [0.15, 0.2) is 0 Å². The number of halogens is 1. The highest BCUT2D eigenvalue weighted by atomic mass is 35.5. The van der Waals surface area contributed by atoms with Crippen molar-refractivity contribution in [2.75, 3.05) is 12.8 Å². The maximum atomic E-state index is 14.4. The van der Waals surface area contributed by atoms with Crippen molar-refractivity contribution in [1.82, 2.24) is 9.99 Å². The van der Waals surface area contributed by atoms with Crippen molar-refractivity contribution >= 4 is 39.8 Å². The van der Waals surface area contributed by atoms with Gasteiger partial charge >= 0.3 is 0 Å². The molecule has 0 saturated heterocycles. The molecule has 7 heteroatoms. The zero-order valence-electron chi connectivity index (χ0n) is 21.2. The van der Waals surface area contributed by atoms with Crippen LogP contribution in [0.3, 0.4) is 0 Å². The SMILES string of the molecule is COc1ccc2nc(-c3ccc(Cl)cc3)cc(C(=O)N3N=C(c4ccc(N)cc4)CC3c3ccccc3)c2c1. The highest BCUT2D eigenvalue weighted by Gasteiger charge is 2.34. The Balaban J connectivity index is 1.51. The molecule has 6 nitrogen and oxygen atoms in total. The number of anilines is 1. The Kier molecular flexibility index (Phi) is 6.47. The van der Waals surface area contributed by atoms with Crippen LogP contribution in [0.25, 0.3) is 22.2 Å². The Morgan fingerprint density at radius 2 is 1.64 bits per heavy atom. The lowest BCUT2D eigenvalue weighted by Gasteiger charge is -2.23. The Hall–Kier alpha value is -4.68. The molecule has 0 saturated carbocycles. The molecular formula is C32H25ClN4O2. The van der Waals surface area contributed by atoms with Crippen molar-refractivity contribution in [3.05, 3.63) is 125 Å². The Morgan fingerprint density at radius 3 is 2.36 bits per heavy atom. The summed E-state index contributed by atoms with van der Waals surface area (Å²) in [5, 5.41) is 7.80. The molecule has 0 spiro atoms.